The van der Waals surface area contributed by atoms with E-state index in [0.717, 1.165) is 0 Å². The van der Waals surface area contributed by atoms with Crippen molar-refractivity contribution < 1.29 is 23.9 Å². The largest absolute Gasteiger partial charge is 0.465 e. The Labute approximate surface area is 117 Å². The Kier molecular flexibility index (Phi) is 3.58. The molecule has 0 aromatic heterocycles. The Balaban J connectivity index is 2.17. The van der Waals surface area contributed by atoms with Gasteiger partial charge in [-0.2, -0.15) is 0 Å². The molecule has 6 nitrogen and oxygen atoms in total. The summed E-state index contributed by atoms with van der Waals surface area (Å²) in [5.41, 5.74) is -0.651. The average molecular weight is 281 g/mol. The van der Waals surface area contributed by atoms with E-state index in [1.807, 2.05) is 0 Å². The van der Waals surface area contributed by atoms with Gasteiger partial charge in [0.1, 0.15) is 17.6 Å². The smallest absolute Gasteiger partial charge is 0.411 e. The van der Waals surface area contributed by atoms with Gasteiger partial charge in [0.15, 0.2) is 5.78 Å². The summed E-state index contributed by atoms with van der Waals surface area (Å²) >= 11 is 0. The molecule has 0 saturated carbocycles. The van der Waals surface area contributed by atoms with Crippen LogP contribution in [-0.4, -0.2) is 47.0 Å². The molecule has 0 aliphatic carbocycles. The van der Waals surface area contributed by atoms with Crippen LogP contribution in [0.15, 0.2) is 12.2 Å². The minimum Gasteiger partial charge on any atom is -0.465 e. The van der Waals surface area contributed by atoms with Gasteiger partial charge in [-0.25, -0.2) is 4.79 Å². The molecule has 3 unspecified atom stereocenters. The average Bonchev–Trinajstić information content (AvgIpc) is 2.82. The number of rotatable bonds is 2. The van der Waals surface area contributed by atoms with Crippen LogP contribution < -0.4 is 0 Å². The van der Waals surface area contributed by atoms with Crippen LogP contribution in [0.3, 0.4) is 0 Å². The number of carbonyl (C=O) groups is 3. The molecule has 20 heavy (non-hydrogen) atoms. The van der Waals surface area contributed by atoms with Gasteiger partial charge in [0, 0.05) is 0 Å². The third kappa shape index (κ3) is 2.42. The van der Waals surface area contributed by atoms with Crippen molar-refractivity contribution in [3.63, 3.8) is 0 Å². The molecule has 0 aromatic rings. The molecule has 1 saturated heterocycles. The third-order valence-electron chi connectivity index (χ3n) is 3.20. The Bertz CT molecular complexity index is 476. The highest BCUT2D eigenvalue weighted by Crippen LogP contribution is 2.36. The molecule has 2 aliphatic heterocycles. The van der Waals surface area contributed by atoms with Gasteiger partial charge in [-0.3, -0.25) is 14.5 Å². The molecule has 0 aromatic carbocycles. The van der Waals surface area contributed by atoms with Crippen LogP contribution in [0.2, 0.25) is 0 Å². The topological polar surface area (TPSA) is 72.9 Å². The summed E-state index contributed by atoms with van der Waals surface area (Å²) in [6.45, 7) is 7.13. The van der Waals surface area contributed by atoms with Gasteiger partial charge >= 0.3 is 12.1 Å². The van der Waals surface area contributed by atoms with Crippen LogP contribution in [0.5, 0.6) is 0 Å². The van der Waals surface area contributed by atoms with E-state index in [-0.39, 0.29) is 12.4 Å². The second-order valence-electron chi connectivity index (χ2n) is 5.84. The summed E-state index contributed by atoms with van der Waals surface area (Å²) in [6.07, 6.45) is 2.74. The zero-order valence-corrected chi connectivity index (χ0v) is 12.1. The fourth-order valence-electron chi connectivity index (χ4n) is 2.48. The Morgan fingerprint density at radius 3 is 2.50 bits per heavy atom. The number of fused-ring (bicyclic) bond motifs is 2. The van der Waals surface area contributed by atoms with Gasteiger partial charge in [-0.15, -0.1) is 0 Å². The number of hydrogen-bond donors (Lipinski definition) is 0. The molecule has 1 amide bonds. The van der Waals surface area contributed by atoms with Gasteiger partial charge in [0.25, 0.3) is 0 Å². The molecule has 110 valence electrons. The van der Waals surface area contributed by atoms with Crippen molar-refractivity contribution in [1.82, 2.24) is 4.90 Å². The van der Waals surface area contributed by atoms with Crippen LogP contribution in [0.25, 0.3) is 0 Å². The molecular formula is C14H19NO5. The van der Waals surface area contributed by atoms with E-state index in [0.29, 0.717) is 0 Å². The summed E-state index contributed by atoms with van der Waals surface area (Å²) < 4.78 is 10.2. The predicted molar refractivity (Wildman–Crippen MR) is 69.9 cm³/mol. The summed E-state index contributed by atoms with van der Waals surface area (Å²) in [5, 5.41) is 0. The van der Waals surface area contributed by atoms with Crippen molar-refractivity contribution in [2.75, 3.05) is 6.61 Å². The van der Waals surface area contributed by atoms with E-state index in [1.165, 1.54) is 4.90 Å². The summed E-state index contributed by atoms with van der Waals surface area (Å²) in [7, 11) is 0. The van der Waals surface area contributed by atoms with Gasteiger partial charge in [-0.05, 0) is 27.7 Å². The van der Waals surface area contributed by atoms with Crippen molar-refractivity contribution in [2.45, 2.75) is 45.4 Å². The second-order valence-corrected chi connectivity index (χ2v) is 5.84. The quantitative estimate of drug-likeness (QED) is 0.433. The van der Waals surface area contributed by atoms with E-state index < -0.39 is 35.7 Å². The number of carbonyl (C=O) groups excluding carboxylic acids is 3. The van der Waals surface area contributed by atoms with E-state index in [1.54, 1.807) is 39.8 Å². The first kappa shape index (κ1) is 14.6. The number of Topliss-reactive ketones (excluding diaryl/α,β-unsaturated/α-hetero) is 1. The normalized spacial score (nSPS) is 27.9. The van der Waals surface area contributed by atoms with Crippen LogP contribution in [0, 0.1) is 5.92 Å². The van der Waals surface area contributed by atoms with Crippen molar-refractivity contribution in [3.05, 3.63) is 12.2 Å². The van der Waals surface area contributed by atoms with E-state index in [4.69, 9.17) is 9.47 Å². The highest BCUT2D eigenvalue weighted by Gasteiger charge is 2.56. The standard InChI is InChI=1S/C14H19NO5/c1-5-19-12(17)10-8-6-7-9(11(10)16)15(8)13(18)20-14(2,3)4/h6-10H,5H2,1-4H3. The Morgan fingerprint density at radius 1 is 1.30 bits per heavy atom. The minimum absolute atomic E-state index is 0.205. The summed E-state index contributed by atoms with van der Waals surface area (Å²) in [5.74, 6) is -1.82. The van der Waals surface area contributed by atoms with Gasteiger partial charge in [0.2, 0.25) is 0 Å². The number of nitrogens with zero attached hydrogens (tertiary/aromatic N) is 1. The lowest BCUT2D eigenvalue weighted by atomic mass is 9.93. The lowest BCUT2D eigenvalue weighted by Crippen LogP contribution is -2.42. The molecule has 0 radical (unpaired) electrons. The first-order chi connectivity index (χ1) is 9.26. The molecule has 2 aliphatic rings. The zero-order valence-electron chi connectivity index (χ0n) is 12.1. The Hall–Kier alpha value is -1.85. The number of amides is 1. The maximum absolute atomic E-state index is 12.2. The maximum Gasteiger partial charge on any atom is 0.411 e. The number of ether oxygens (including phenoxy) is 2. The van der Waals surface area contributed by atoms with Crippen molar-refractivity contribution >= 4 is 17.8 Å². The van der Waals surface area contributed by atoms with Gasteiger partial charge in [-0.1, -0.05) is 12.2 Å². The molecule has 1 fully saturated rings. The molecular weight excluding hydrogens is 262 g/mol. The van der Waals surface area contributed by atoms with Crippen LogP contribution >= 0.6 is 0 Å². The lowest BCUT2D eigenvalue weighted by Gasteiger charge is -2.27. The highest BCUT2D eigenvalue weighted by atomic mass is 16.6. The number of ketones is 1. The van der Waals surface area contributed by atoms with E-state index in [9.17, 15) is 14.4 Å². The van der Waals surface area contributed by atoms with E-state index >= 15 is 0 Å². The molecule has 6 heteroatoms. The SMILES string of the molecule is CCOC(=O)C1C(=O)C2C=CC1N2C(=O)OC(C)(C)C. The monoisotopic (exact) mass is 281 g/mol. The number of hydrogen-bond acceptors (Lipinski definition) is 5. The fraction of sp³-hybridized carbons (Fsp3) is 0.643. The van der Waals surface area contributed by atoms with Crippen molar-refractivity contribution in [3.8, 4) is 0 Å². The molecule has 0 spiro atoms. The van der Waals surface area contributed by atoms with Gasteiger partial charge < -0.3 is 9.47 Å². The highest BCUT2D eigenvalue weighted by molar-refractivity contribution is 6.08. The van der Waals surface area contributed by atoms with Crippen molar-refractivity contribution in [1.29, 1.82) is 0 Å². The summed E-state index contributed by atoms with van der Waals surface area (Å²) in [4.78, 5) is 37.5. The minimum atomic E-state index is -0.933. The molecule has 2 rings (SSSR count). The molecule has 2 heterocycles. The van der Waals surface area contributed by atoms with E-state index in [2.05, 4.69) is 0 Å². The second kappa shape index (κ2) is 4.92. The fourth-order valence-corrected chi connectivity index (χ4v) is 2.48. The van der Waals surface area contributed by atoms with Crippen molar-refractivity contribution in [2.24, 2.45) is 5.92 Å². The van der Waals surface area contributed by atoms with Gasteiger partial charge in [0.05, 0.1) is 12.6 Å². The molecule has 0 N–H and O–H groups in total. The maximum atomic E-state index is 12.2. The third-order valence-corrected chi connectivity index (χ3v) is 3.20. The Morgan fingerprint density at radius 2 is 1.95 bits per heavy atom. The lowest BCUT2D eigenvalue weighted by molar-refractivity contribution is -0.150. The first-order valence-electron chi connectivity index (χ1n) is 6.66. The van der Waals surface area contributed by atoms with Crippen LogP contribution in [0.4, 0.5) is 4.79 Å². The number of esters is 1. The first-order valence-corrected chi connectivity index (χ1v) is 6.66. The van der Waals surface area contributed by atoms with Crippen LogP contribution in [0.1, 0.15) is 27.7 Å². The predicted octanol–water partition coefficient (Wildman–Crippen LogP) is 1.29. The summed E-state index contributed by atoms with van der Waals surface area (Å²) in [6, 6.07) is -1.31. The molecule has 2 bridgehead atoms. The zero-order chi connectivity index (χ0) is 15.1. The van der Waals surface area contributed by atoms with Crippen LogP contribution in [-0.2, 0) is 19.1 Å². The molecule has 3 atom stereocenters.